The van der Waals surface area contributed by atoms with Crippen molar-refractivity contribution in [2.24, 2.45) is 0 Å². The molecule has 1 nitrogen and oxygen atoms in total. The first kappa shape index (κ1) is 38.7. The average molecular weight is 874 g/mol. The minimum atomic E-state index is -0.416. The van der Waals surface area contributed by atoms with Gasteiger partial charge in [0.2, 0.25) is 0 Å². The van der Waals surface area contributed by atoms with Crippen molar-refractivity contribution in [3.8, 4) is 22.3 Å². The first-order chi connectivity index (χ1) is 33.0. The van der Waals surface area contributed by atoms with Gasteiger partial charge in [-0.15, -0.1) is 11.3 Å². The molecule has 318 valence electrons. The van der Waals surface area contributed by atoms with Gasteiger partial charge in [0.1, 0.15) is 0 Å². The molecule has 0 amide bonds. The van der Waals surface area contributed by atoms with Gasteiger partial charge in [-0.3, -0.25) is 0 Å². The molecule has 0 N–H and O–H groups in total. The van der Waals surface area contributed by atoms with E-state index in [1.807, 2.05) is 11.3 Å². The third-order valence-electron chi connectivity index (χ3n) is 15.7. The Morgan fingerprint density at radius 3 is 1.91 bits per heavy atom. The maximum absolute atomic E-state index is 2.58. The molecule has 1 atom stereocenters. The fourth-order valence-electron chi connectivity index (χ4n) is 12.8. The summed E-state index contributed by atoms with van der Waals surface area (Å²) in [7, 11) is 0. The number of nitrogens with zero attached hydrogens (tertiary/aromatic N) is 1. The third kappa shape index (κ3) is 5.42. The molecule has 2 heteroatoms. The zero-order chi connectivity index (χ0) is 44.4. The Bertz CT molecular complexity index is 3680. The molecule has 0 fully saturated rings. The van der Waals surface area contributed by atoms with E-state index >= 15 is 0 Å². The van der Waals surface area contributed by atoms with E-state index in [9.17, 15) is 0 Å². The lowest BCUT2D eigenvalue weighted by Crippen LogP contribution is -2.37. The van der Waals surface area contributed by atoms with E-state index in [4.69, 9.17) is 0 Å². The number of fused-ring (bicyclic) bond motifs is 14. The average Bonchev–Trinajstić information content (AvgIpc) is 3.98. The van der Waals surface area contributed by atoms with Crippen molar-refractivity contribution < 1.29 is 0 Å². The lowest BCUT2D eigenvalue weighted by atomic mass is 9.62. The van der Waals surface area contributed by atoms with Crippen molar-refractivity contribution in [3.63, 3.8) is 0 Å². The highest BCUT2D eigenvalue weighted by molar-refractivity contribution is 7.26. The summed E-state index contributed by atoms with van der Waals surface area (Å²) in [4.78, 5) is 2.48. The van der Waals surface area contributed by atoms with Gasteiger partial charge in [-0.05, 0) is 133 Å². The Kier molecular flexibility index (Phi) is 8.37. The summed E-state index contributed by atoms with van der Waals surface area (Å²) in [5.74, 6) is 0.0111. The van der Waals surface area contributed by atoms with Crippen LogP contribution in [0, 0.1) is 0 Å². The minimum Gasteiger partial charge on any atom is -0.310 e. The van der Waals surface area contributed by atoms with Crippen LogP contribution in [0.2, 0.25) is 0 Å². The van der Waals surface area contributed by atoms with Crippen LogP contribution in [-0.2, 0) is 10.8 Å². The Balaban J connectivity index is 0.968. The Hall–Kier alpha value is -7.52. The van der Waals surface area contributed by atoms with E-state index < -0.39 is 5.41 Å². The first-order valence-corrected chi connectivity index (χ1v) is 24.7. The van der Waals surface area contributed by atoms with Crippen LogP contribution in [0.1, 0.15) is 82.7 Å². The van der Waals surface area contributed by atoms with Crippen LogP contribution in [0.5, 0.6) is 0 Å². The minimum absolute atomic E-state index is 0.0111. The van der Waals surface area contributed by atoms with Crippen LogP contribution in [0.3, 0.4) is 0 Å². The van der Waals surface area contributed by atoms with E-state index in [2.05, 4.69) is 237 Å². The summed E-state index contributed by atoms with van der Waals surface area (Å²) in [5, 5.41) is 2.67. The summed E-state index contributed by atoms with van der Waals surface area (Å²) in [6.07, 6.45) is 6.89. The number of rotatable bonds is 5. The Labute approximate surface area is 396 Å². The van der Waals surface area contributed by atoms with Crippen molar-refractivity contribution in [1.82, 2.24) is 0 Å². The van der Waals surface area contributed by atoms with E-state index in [1.165, 1.54) is 121 Å². The van der Waals surface area contributed by atoms with Gasteiger partial charge < -0.3 is 4.90 Å². The molecular formula is C65H47NS. The molecule has 14 rings (SSSR count). The summed E-state index contributed by atoms with van der Waals surface area (Å²) < 4.78 is 2.69. The normalized spacial score (nSPS) is 16.1. The molecule has 10 aromatic rings. The second-order valence-electron chi connectivity index (χ2n) is 19.4. The van der Waals surface area contributed by atoms with Crippen LogP contribution in [0.25, 0.3) is 48.0 Å². The Morgan fingerprint density at radius 2 is 1.10 bits per heavy atom. The quantitative estimate of drug-likeness (QED) is 0.156. The summed E-state index contributed by atoms with van der Waals surface area (Å²) >= 11 is 1.90. The monoisotopic (exact) mass is 873 g/mol. The molecule has 0 saturated carbocycles. The topological polar surface area (TPSA) is 3.24 Å². The SMILES string of the molecule is CC1(C)c2ccccc2-c2ccc(C(c3ccc(-c4cccc5c4sc4ccccc45)cc3)c3ccc4c(c3)C3=C(CCC=C3)C43c4ccccc4N(c4ccccc4)c4ccccc43)cc21. The summed E-state index contributed by atoms with van der Waals surface area (Å²) in [5.41, 5.74) is 23.5. The zero-order valence-corrected chi connectivity index (χ0v) is 38.4. The molecule has 1 aromatic heterocycles. The number of hydrogen-bond acceptors (Lipinski definition) is 2. The fraction of sp³-hybridized carbons (Fsp3) is 0.108. The van der Waals surface area contributed by atoms with Crippen molar-refractivity contribution in [1.29, 1.82) is 0 Å². The number of para-hydroxylation sites is 3. The predicted molar refractivity (Wildman–Crippen MR) is 282 cm³/mol. The number of allylic oxidation sites excluding steroid dienone is 4. The van der Waals surface area contributed by atoms with Gasteiger partial charge in [-0.25, -0.2) is 0 Å². The van der Waals surface area contributed by atoms with Crippen LogP contribution in [0.15, 0.2) is 224 Å². The predicted octanol–water partition coefficient (Wildman–Crippen LogP) is 17.4. The van der Waals surface area contributed by atoms with Gasteiger partial charge in [-0.1, -0.05) is 196 Å². The van der Waals surface area contributed by atoms with Crippen LogP contribution < -0.4 is 4.90 Å². The van der Waals surface area contributed by atoms with Crippen molar-refractivity contribution >= 4 is 54.1 Å². The summed E-state index contributed by atoms with van der Waals surface area (Å²) in [6.45, 7) is 4.80. The lowest BCUT2D eigenvalue weighted by molar-refractivity contribution is 0.659. The van der Waals surface area contributed by atoms with Crippen molar-refractivity contribution in [3.05, 3.63) is 274 Å². The van der Waals surface area contributed by atoms with E-state index in [-0.39, 0.29) is 11.3 Å². The van der Waals surface area contributed by atoms with Crippen LogP contribution in [-0.4, -0.2) is 0 Å². The number of hydrogen-bond donors (Lipinski definition) is 0. The highest BCUT2D eigenvalue weighted by Crippen LogP contribution is 2.64. The number of anilines is 3. The highest BCUT2D eigenvalue weighted by Gasteiger charge is 2.52. The molecule has 9 aromatic carbocycles. The van der Waals surface area contributed by atoms with E-state index in [1.54, 1.807) is 0 Å². The third-order valence-corrected chi connectivity index (χ3v) is 16.9. The van der Waals surface area contributed by atoms with Crippen LogP contribution in [0.4, 0.5) is 17.1 Å². The molecule has 1 spiro atoms. The molecule has 0 radical (unpaired) electrons. The van der Waals surface area contributed by atoms with Gasteiger partial charge in [0, 0.05) is 37.2 Å². The molecule has 1 unspecified atom stereocenters. The molecule has 3 aliphatic carbocycles. The first-order valence-electron chi connectivity index (χ1n) is 23.8. The molecular weight excluding hydrogens is 827 g/mol. The zero-order valence-electron chi connectivity index (χ0n) is 37.6. The second kappa shape index (κ2) is 14.5. The molecule has 67 heavy (non-hydrogen) atoms. The largest absolute Gasteiger partial charge is 0.310 e. The molecule has 0 bridgehead atoms. The maximum Gasteiger partial charge on any atom is 0.0717 e. The molecule has 0 saturated heterocycles. The smallest absolute Gasteiger partial charge is 0.0717 e. The van der Waals surface area contributed by atoms with Gasteiger partial charge in [-0.2, -0.15) is 0 Å². The van der Waals surface area contributed by atoms with Crippen molar-refractivity contribution in [2.75, 3.05) is 4.90 Å². The number of benzene rings is 9. The van der Waals surface area contributed by atoms with Crippen LogP contribution >= 0.6 is 11.3 Å². The molecule has 1 aliphatic heterocycles. The standard InChI is InChI=1S/C65H47NS/c1-64(2)53-24-9-6-19-47(53)49-37-35-44(40-58(49)64)62(42-33-31-41(32-34-42)46-22-16-23-51-50-21-8-15-30-61(50)67-63(46)51)43-36-38-55-52(39-43)48-20-7-10-25-54(48)65(55)56-26-11-13-28-59(56)66(45-17-4-3-5-18-45)60-29-14-12-27-57(60)65/h3-9,11-24,26-40,62H,10,25H2,1-2H3. The fourth-order valence-corrected chi connectivity index (χ4v) is 14.0. The molecule has 4 aliphatic rings. The summed E-state index contributed by atoms with van der Waals surface area (Å²) in [6, 6.07) is 78.4. The maximum atomic E-state index is 2.58. The van der Waals surface area contributed by atoms with Crippen molar-refractivity contribution in [2.45, 2.75) is 43.4 Å². The Morgan fingerprint density at radius 1 is 0.478 bits per heavy atom. The van der Waals surface area contributed by atoms with E-state index in [0.717, 1.165) is 12.8 Å². The lowest BCUT2D eigenvalue weighted by Gasteiger charge is -2.46. The van der Waals surface area contributed by atoms with Gasteiger partial charge in [0.05, 0.1) is 16.8 Å². The van der Waals surface area contributed by atoms with Gasteiger partial charge in [0.15, 0.2) is 0 Å². The van der Waals surface area contributed by atoms with Gasteiger partial charge in [0.25, 0.3) is 0 Å². The molecule has 2 heterocycles. The second-order valence-corrected chi connectivity index (χ2v) is 20.5. The number of thiophene rings is 1. The van der Waals surface area contributed by atoms with Gasteiger partial charge >= 0.3 is 0 Å². The highest BCUT2D eigenvalue weighted by atomic mass is 32.1. The van der Waals surface area contributed by atoms with E-state index in [0.29, 0.717) is 0 Å².